The quantitative estimate of drug-likeness (QED) is 0.895. The largest absolute Gasteiger partial charge is 0.336 e. The van der Waals surface area contributed by atoms with E-state index in [0.29, 0.717) is 16.6 Å². The summed E-state index contributed by atoms with van der Waals surface area (Å²) in [6.07, 6.45) is 0. The average Bonchev–Trinajstić information content (AvgIpc) is 2.40. The second-order valence-electron chi connectivity index (χ2n) is 5.58. The SMILES string of the molecule is Cc1cccc(C(=O)N2CCN(C3CNC3)CC2)c1Cl. The fourth-order valence-electron chi connectivity index (χ4n) is 2.80. The third kappa shape index (κ3) is 2.55. The standard InChI is InChI=1S/C15H20ClN3O/c1-11-3-2-4-13(14(11)16)15(20)19-7-5-18(6-8-19)12-9-17-10-12/h2-4,12,17H,5-10H2,1H3. The highest BCUT2D eigenvalue weighted by Gasteiger charge is 2.30. The van der Waals surface area contributed by atoms with Gasteiger partial charge in [-0.25, -0.2) is 0 Å². The van der Waals surface area contributed by atoms with Crippen LogP contribution in [0.3, 0.4) is 0 Å². The predicted molar refractivity (Wildman–Crippen MR) is 80.3 cm³/mol. The lowest BCUT2D eigenvalue weighted by Gasteiger charge is -2.43. The summed E-state index contributed by atoms with van der Waals surface area (Å²) < 4.78 is 0. The van der Waals surface area contributed by atoms with Gasteiger partial charge in [-0.2, -0.15) is 0 Å². The van der Waals surface area contributed by atoms with Crippen LogP contribution < -0.4 is 5.32 Å². The molecule has 0 unspecified atom stereocenters. The van der Waals surface area contributed by atoms with Crippen LogP contribution in [0.25, 0.3) is 0 Å². The minimum atomic E-state index is 0.0603. The summed E-state index contributed by atoms with van der Waals surface area (Å²) in [7, 11) is 0. The van der Waals surface area contributed by atoms with Crippen LogP contribution in [0.15, 0.2) is 18.2 Å². The molecule has 3 rings (SSSR count). The molecule has 0 bridgehead atoms. The molecule has 0 radical (unpaired) electrons. The fraction of sp³-hybridized carbons (Fsp3) is 0.533. The van der Waals surface area contributed by atoms with Crippen LogP contribution >= 0.6 is 11.6 Å². The van der Waals surface area contributed by atoms with E-state index in [4.69, 9.17) is 11.6 Å². The molecule has 1 amide bonds. The normalized spacial score (nSPS) is 20.8. The summed E-state index contributed by atoms with van der Waals surface area (Å²) in [6, 6.07) is 6.31. The van der Waals surface area contributed by atoms with E-state index in [1.807, 2.05) is 30.0 Å². The zero-order valence-electron chi connectivity index (χ0n) is 11.7. The summed E-state index contributed by atoms with van der Waals surface area (Å²) in [4.78, 5) is 16.9. The van der Waals surface area contributed by atoms with E-state index in [1.54, 1.807) is 0 Å². The number of hydrogen-bond donors (Lipinski definition) is 1. The molecular weight excluding hydrogens is 274 g/mol. The van der Waals surface area contributed by atoms with Gasteiger partial charge < -0.3 is 10.2 Å². The monoisotopic (exact) mass is 293 g/mol. The lowest BCUT2D eigenvalue weighted by molar-refractivity contribution is 0.0502. The van der Waals surface area contributed by atoms with Crippen molar-refractivity contribution >= 4 is 17.5 Å². The smallest absolute Gasteiger partial charge is 0.255 e. The molecule has 0 aliphatic carbocycles. The van der Waals surface area contributed by atoms with Gasteiger partial charge in [0.05, 0.1) is 10.6 Å². The zero-order chi connectivity index (χ0) is 14.1. The molecule has 2 heterocycles. The Kier molecular flexibility index (Phi) is 3.96. The van der Waals surface area contributed by atoms with Gasteiger partial charge in [0.25, 0.3) is 5.91 Å². The molecule has 1 aromatic carbocycles. The van der Waals surface area contributed by atoms with E-state index >= 15 is 0 Å². The molecule has 2 aliphatic rings. The fourth-order valence-corrected chi connectivity index (χ4v) is 3.01. The van der Waals surface area contributed by atoms with Gasteiger partial charge in [-0.3, -0.25) is 9.69 Å². The van der Waals surface area contributed by atoms with E-state index < -0.39 is 0 Å². The van der Waals surface area contributed by atoms with Crippen molar-refractivity contribution in [1.29, 1.82) is 0 Å². The molecule has 0 spiro atoms. The van der Waals surface area contributed by atoms with Crippen LogP contribution in [-0.2, 0) is 0 Å². The van der Waals surface area contributed by atoms with Crippen LogP contribution in [0.5, 0.6) is 0 Å². The van der Waals surface area contributed by atoms with Crippen molar-refractivity contribution in [2.45, 2.75) is 13.0 Å². The van der Waals surface area contributed by atoms with Crippen molar-refractivity contribution in [3.05, 3.63) is 34.3 Å². The Morgan fingerprint density at radius 1 is 1.25 bits per heavy atom. The molecule has 0 atom stereocenters. The number of piperazine rings is 1. The van der Waals surface area contributed by atoms with Crippen LogP contribution in [0.4, 0.5) is 0 Å². The van der Waals surface area contributed by atoms with Crippen molar-refractivity contribution in [3.63, 3.8) is 0 Å². The van der Waals surface area contributed by atoms with Gasteiger partial charge >= 0.3 is 0 Å². The number of rotatable bonds is 2. The van der Waals surface area contributed by atoms with Crippen LogP contribution in [0.2, 0.25) is 5.02 Å². The molecule has 108 valence electrons. The molecule has 0 aromatic heterocycles. The molecule has 20 heavy (non-hydrogen) atoms. The van der Waals surface area contributed by atoms with Gasteiger partial charge in [0, 0.05) is 45.3 Å². The Hall–Kier alpha value is -1.10. The third-order valence-electron chi connectivity index (χ3n) is 4.30. The molecule has 1 aromatic rings. The van der Waals surface area contributed by atoms with Gasteiger partial charge in [0.1, 0.15) is 0 Å². The molecule has 2 saturated heterocycles. The first-order valence-electron chi connectivity index (χ1n) is 7.16. The second kappa shape index (κ2) is 5.72. The second-order valence-corrected chi connectivity index (χ2v) is 5.95. The predicted octanol–water partition coefficient (Wildman–Crippen LogP) is 1.38. The van der Waals surface area contributed by atoms with E-state index in [-0.39, 0.29) is 5.91 Å². The van der Waals surface area contributed by atoms with Gasteiger partial charge in [-0.1, -0.05) is 23.7 Å². The minimum Gasteiger partial charge on any atom is -0.336 e. The first kappa shape index (κ1) is 13.9. The average molecular weight is 294 g/mol. The molecular formula is C15H20ClN3O. The number of nitrogens with zero attached hydrogens (tertiary/aromatic N) is 2. The Balaban J connectivity index is 1.65. The van der Waals surface area contributed by atoms with Gasteiger partial charge in [0.2, 0.25) is 0 Å². The molecule has 5 heteroatoms. The number of benzene rings is 1. The van der Waals surface area contributed by atoms with Crippen molar-refractivity contribution in [3.8, 4) is 0 Å². The number of amides is 1. The van der Waals surface area contributed by atoms with Crippen LogP contribution in [-0.4, -0.2) is 61.0 Å². The number of carbonyl (C=O) groups excluding carboxylic acids is 1. The molecule has 2 aliphatic heterocycles. The Morgan fingerprint density at radius 2 is 1.95 bits per heavy atom. The van der Waals surface area contributed by atoms with Crippen LogP contribution in [0, 0.1) is 6.92 Å². The number of nitrogens with one attached hydrogen (secondary N) is 1. The maximum Gasteiger partial charge on any atom is 0.255 e. The molecule has 4 nitrogen and oxygen atoms in total. The van der Waals surface area contributed by atoms with Crippen molar-refractivity contribution in [2.24, 2.45) is 0 Å². The number of carbonyl (C=O) groups is 1. The maximum atomic E-state index is 12.5. The van der Waals surface area contributed by atoms with E-state index in [2.05, 4.69) is 10.2 Å². The molecule has 0 saturated carbocycles. The van der Waals surface area contributed by atoms with Crippen molar-refractivity contribution in [1.82, 2.24) is 15.1 Å². The number of aryl methyl sites for hydroxylation is 1. The van der Waals surface area contributed by atoms with Crippen molar-refractivity contribution in [2.75, 3.05) is 39.3 Å². The summed E-state index contributed by atoms with van der Waals surface area (Å²) in [5, 5.41) is 3.88. The highest BCUT2D eigenvalue weighted by atomic mass is 35.5. The Morgan fingerprint density at radius 3 is 2.55 bits per heavy atom. The summed E-state index contributed by atoms with van der Waals surface area (Å²) in [5.74, 6) is 0.0603. The first-order chi connectivity index (χ1) is 9.66. The lowest BCUT2D eigenvalue weighted by atomic mass is 10.1. The van der Waals surface area contributed by atoms with Gasteiger partial charge in [-0.05, 0) is 18.6 Å². The van der Waals surface area contributed by atoms with E-state index in [9.17, 15) is 4.79 Å². The first-order valence-corrected chi connectivity index (χ1v) is 7.54. The maximum absolute atomic E-state index is 12.5. The Labute approximate surface area is 124 Å². The lowest BCUT2D eigenvalue weighted by Crippen LogP contribution is -2.62. The van der Waals surface area contributed by atoms with Gasteiger partial charge in [0.15, 0.2) is 0 Å². The zero-order valence-corrected chi connectivity index (χ0v) is 12.5. The third-order valence-corrected chi connectivity index (χ3v) is 4.80. The summed E-state index contributed by atoms with van der Waals surface area (Å²) >= 11 is 6.25. The highest BCUT2D eigenvalue weighted by Crippen LogP contribution is 2.22. The number of halogens is 1. The highest BCUT2D eigenvalue weighted by molar-refractivity contribution is 6.34. The van der Waals surface area contributed by atoms with Crippen molar-refractivity contribution < 1.29 is 4.79 Å². The van der Waals surface area contributed by atoms with Gasteiger partial charge in [-0.15, -0.1) is 0 Å². The van der Waals surface area contributed by atoms with Crippen LogP contribution in [0.1, 0.15) is 15.9 Å². The number of hydrogen-bond acceptors (Lipinski definition) is 3. The van der Waals surface area contributed by atoms with E-state index in [1.165, 1.54) is 0 Å². The molecule has 1 N–H and O–H groups in total. The Bertz CT molecular complexity index is 508. The minimum absolute atomic E-state index is 0.0603. The molecule has 2 fully saturated rings. The topological polar surface area (TPSA) is 35.6 Å². The van der Waals surface area contributed by atoms with E-state index in [0.717, 1.165) is 44.8 Å². The summed E-state index contributed by atoms with van der Waals surface area (Å²) in [6.45, 7) is 7.60. The summed E-state index contributed by atoms with van der Waals surface area (Å²) in [5.41, 5.74) is 1.59.